The third-order valence-corrected chi connectivity index (χ3v) is 6.06. The number of anilines is 2. The minimum atomic E-state index is -0.693. The highest BCUT2D eigenvalue weighted by Crippen LogP contribution is 2.34. The Morgan fingerprint density at radius 1 is 1.27 bits per heavy atom. The number of benzene rings is 1. The van der Waals surface area contributed by atoms with Gasteiger partial charge in [0.25, 0.3) is 11.6 Å². The molecule has 0 aliphatic carbocycles. The van der Waals surface area contributed by atoms with E-state index in [1.165, 1.54) is 40.9 Å². The largest absolute Gasteiger partial charge is 0.494 e. The number of hydrogen-bond donors (Lipinski definition) is 1. The van der Waals surface area contributed by atoms with Gasteiger partial charge < -0.3 is 19.7 Å². The summed E-state index contributed by atoms with van der Waals surface area (Å²) in [4.78, 5) is 42.3. The molecule has 0 aliphatic rings. The number of ether oxygens (including phenoxy) is 2. The zero-order valence-electron chi connectivity index (χ0n) is 16.3. The summed E-state index contributed by atoms with van der Waals surface area (Å²) in [6.45, 7) is 1.53. The number of thiazole rings is 1. The molecule has 1 aromatic carbocycles. The molecule has 1 amide bonds. The molecule has 12 heteroatoms. The van der Waals surface area contributed by atoms with Gasteiger partial charge in [0, 0.05) is 14.1 Å². The van der Waals surface area contributed by atoms with Crippen LogP contribution in [-0.2, 0) is 9.53 Å². The molecule has 0 saturated carbocycles. The van der Waals surface area contributed by atoms with E-state index in [0.717, 1.165) is 9.83 Å². The smallest absolute Gasteiger partial charge is 0.348 e. The lowest BCUT2D eigenvalue weighted by Crippen LogP contribution is -2.21. The van der Waals surface area contributed by atoms with Crippen LogP contribution in [0.15, 0.2) is 24.3 Å². The van der Waals surface area contributed by atoms with Gasteiger partial charge in [-0.2, -0.15) is 0 Å². The molecule has 0 aliphatic heterocycles. The van der Waals surface area contributed by atoms with Crippen LogP contribution in [0.25, 0.3) is 9.53 Å². The number of nitrogens with one attached hydrogen (secondary N) is 1. The number of carbonyl (C=O) groups is 2. The molecule has 10 nitrogen and oxygen atoms in total. The van der Waals surface area contributed by atoms with Crippen molar-refractivity contribution in [3.8, 4) is 5.75 Å². The van der Waals surface area contributed by atoms with E-state index in [0.29, 0.717) is 22.1 Å². The van der Waals surface area contributed by atoms with E-state index >= 15 is 0 Å². The van der Waals surface area contributed by atoms with E-state index < -0.39 is 23.4 Å². The number of amides is 1. The number of esters is 1. The fourth-order valence-electron chi connectivity index (χ4n) is 2.43. The summed E-state index contributed by atoms with van der Waals surface area (Å²) in [7, 11) is 3.76. The SMILES string of the molecule is CCOc1ccc(NC(=O)COC(=O)c2cc3sc(N(C)C)nc3s2)c([N+](=O)[O-])c1. The van der Waals surface area contributed by atoms with Crippen LogP contribution in [0.1, 0.15) is 16.6 Å². The number of nitro benzene ring substituents is 1. The van der Waals surface area contributed by atoms with E-state index in [1.807, 2.05) is 19.0 Å². The Labute approximate surface area is 179 Å². The van der Waals surface area contributed by atoms with Crippen molar-refractivity contribution in [2.75, 3.05) is 37.5 Å². The van der Waals surface area contributed by atoms with Crippen molar-refractivity contribution in [3.63, 3.8) is 0 Å². The molecular weight excluding hydrogens is 432 g/mol. The Morgan fingerprint density at radius 3 is 2.67 bits per heavy atom. The van der Waals surface area contributed by atoms with E-state index in [-0.39, 0.29) is 11.4 Å². The zero-order valence-corrected chi connectivity index (χ0v) is 18.0. The average molecular weight is 450 g/mol. The maximum Gasteiger partial charge on any atom is 0.348 e. The van der Waals surface area contributed by atoms with Crippen molar-refractivity contribution in [2.24, 2.45) is 0 Å². The van der Waals surface area contributed by atoms with Gasteiger partial charge in [0.15, 0.2) is 11.7 Å². The molecule has 30 heavy (non-hydrogen) atoms. The van der Waals surface area contributed by atoms with E-state index in [1.54, 1.807) is 13.0 Å². The molecule has 2 aromatic heterocycles. The first-order chi connectivity index (χ1) is 14.3. The molecule has 0 atom stereocenters. The van der Waals surface area contributed by atoms with Gasteiger partial charge in [-0.3, -0.25) is 14.9 Å². The van der Waals surface area contributed by atoms with E-state index in [9.17, 15) is 19.7 Å². The van der Waals surface area contributed by atoms with Crippen LogP contribution in [0, 0.1) is 10.1 Å². The first kappa shape index (κ1) is 21.5. The van der Waals surface area contributed by atoms with E-state index in [2.05, 4.69) is 10.3 Å². The van der Waals surface area contributed by atoms with Crippen molar-refractivity contribution < 1.29 is 24.0 Å². The van der Waals surface area contributed by atoms with Gasteiger partial charge in [-0.15, -0.1) is 11.3 Å². The monoisotopic (exact) mass is 450 g/mol. The number of carbonyl (C=O) groups excluding carboxylic acids is 2. The van der Waals surface area contributed by atoms with Crippen molar-refractivity contribution in [1.29, 1.82) is 0 Å². The highest BCUT2D eigenvalue weighted by atomic mass is 32.1. The highest BCUT2D eigenvalue weighted by molar-refractivity contribution is 7.29. The average Bonchev–Trinajstić information content (AvgIpc) is 3.27. The normalized spacial score (nSPS) is 10.6. The number of thiophene rings is 1. The Bertz CT molecular complexity index is 1080. The fraction of sp³-hybridized carbons (Fsp3) is 0.278. The third kappa shape index (κ3) is 4.83. The van der Waals surface area contributed by atoms with Crippen LogP contribution >= 0.6 is 22.7 Å². The first-order valence-electron chi connectivity index (χ1n) is 8.74. The summed E-state index contributed by atoms with van der Waals surface area (Å²) in [5.41, 5.74) is -0.330. The van der Waals surface area contributed by atoms with Gasteiger partial charge in [0.1, 0.15) is 21.1 Å². The fourth-order valence-corrected chi connectivity index (χ4v) is 4.46. The maximum atomic E-state index is 12.2. The molecule has 0 unspecified atom stereocenters. The van der Waals surface area contributed by atoms with Crippen LogP contribution in [0.3, 0.4) is 0 Å². The number of nitrogens with zero attached hydrogens (tertiary/aromatic N) is 3. The van der Waals surface area contributed by atoms with Crippen LogP contribution in [0.2, 0.25) is 0 Å². The van der Waals surface area contributed by atoms with Crippen molar-refractivity contribution in [3.05, 3.63) is 39.3 Å². The third-order valence-electron chi connectivity index (χ3n) is 3.75. The summed E-state index contributed by atoms with van der Waals surface area (Å²) < 4.78 is 11.1. The number of aromatic nitrogens is 1. The maximum absolute atomic E-state index is 12.2. The standard InChI is InChI=1S/C18H18N4O6S2/c1-4-27-10-5-6-11(12(7-10)22(25)26)19-15(23)9-28-17(24)14-8-13-16(29-14)20-18(30-13)21(2)3/h5-8H,4,9H2,1-3H3,(H,19,23). The highest BCUT2D eigenvalue weighted by Gasteiger charge is 2.20. The second-order valence-corrected chi connectivity index (χ2v) is 8.20. The Morgan fingerprint density at radius 2 is 2.03 bits per heavy atom. The topological polar surface area (TPSA) is 124 Å². The van der Waals surface area contributed by atoms with Crippen LogP contribution in [0.4, 0.5) is 16.5 Å². The molecule has 1 N–H and O–H groups in total. The first-order valence-corrected chi connectivity index (χ1v) is 10.4. The molecule has 2 heterocycles. The number of nitro groups is 1. The van der Waals surface area contributed by atoms with Crippen molar-refractivity contribution in [2.45, 2.75) is 6.92 Å². The van der Waals surface area contributed by atoms with Crippen LogP contribution < -0.4 is 15.0 Å². The summed E-state index contributed by atoms with van der Waals surface area (Å²) in [6, 6.07) is 5.76. The number of hydrogen-bond acceptors (Lipinski definition) is 10. The van der Waals surface area contributed by atoms with Crippen LogP contribution in [-0.4, -0.2) is 49.1 Å². The van der Waals surface area contributed by atoms with E-state index in [4.69, 9.17) is 9.47 Å². The minimum absolute atomic E-state index is 0.0124. The van der Waals surface area contributed by atoms with Gasteiger partial charge in [0.05, 0.1) is 22.3 Å². The summed E-state index contributed by atoms with van der Waals surface area (Å²) in [6.07, 6.45) is 0. The van der Waals surface area contributed by atoms with Crippen LogP contribution in [0.5, 0.6) is 5.75 Å². The molecule has 3 rings (SSSR count). The second-order valence-electron chi connectivity index (χ2n) is 6.16. The predicted molar refractivity (Wildman–Crippen MR) is 115 cm³/mol. The van der Waals surface area contributed by atoms with Crippen molar-refractivity contribution in [1.82, 2.24) is 4.98 Å². The molecule has 0 radical (unpaired) electrons. The molecule has 0 fully saturated rings. The molecule has 3 aromatic rings. The summed E-state index contributed by atoms with van der Waals surface area (Å²) >= 11 is 2.62. The number of fused-ring (bicyclic) bond motifs is 1. The lowest BCUT2D eigenvalue weighted by Gasteiger charge is -2.08. The molecule has 0 bridgehead atoms. The minimum Gasteiger partial charge on any atom is -0.494 e. The molecular formula is C18H18N4O6S2. The quantitative estimate of drug-likeness (QED) is 0.314. The predicted octanol–water partition coefficient (Wildman–Crippen LogP) is 3.53. The van der Waals surface area contributed by atoms with Gasteiger partial charge in [-0.1, -0.05) is 11.3 Å². The Balaban J connectivity index is 1.62. The Hall–Kier alpha value is -3.25. The lowest BCUT2D eigenvalue weighted by molar-refractivity contribution is -0.384. The Kier molecular flexibility index (Phi) is 6.47. The second kappa shape index (κ2) is 9.05. The van der Waals surface area contributed by atoms with Gasteiger partial charge in [-0.25, -0.2) is 9.78 Å². The summed E-state index contributed by atoms with van der Waals surface area (Å²) in [5, 5.41) is 14.5. The lowest BCUT2D eigenvalue weighted by atomic mass is 10.2. The zero-order chi connectivity index (χ0) is 21.8. The van der Waals surface area contributed by atoms with Gasteiger partial charge >= 0.3 is 5.97 Å². The summed E-state index contributed by atoms with van der Waals surface area (Å²) in [5.74, 6) is -1.03. The molecule has 0 spiro atoms. The molecule has 158 valence electrons. The van der Waals surface area contributed by atoms with Gasteiger partial charge in [0.2, 0.25) is 0 Å². The molecule has 0 saturated heterocycles. The van der Waals surface area contributed by atoms with Gasteiger partial charge in [-0.05, 0) is 25.1 Å². The van der Waals surface area contributed by atoms with Crippen molar-refractivity contribution >= 4 is 60.6 Å². The number of rotatable bonds is 8.